The van der Waals surface area contributed by atoms with Crippen LogP contribution < -0.4 is 10.2 Å². The SMILES string of the molecule is Cc1ccc(Cl)cc1N1CCN(CC2CCCNC2)CC1.Cl. The van der Waals surface area contributed by atoms with Crippen LogP contribution in [0.2, 0.25) is 5.02 Å². The Bertz CT molecular complexity index is 467. The molecule has 2 aliphatic rings. The molecule has 3 rings (SSSR count). The normalized spacial score (nSPS) is 23.2. The van der Waals surface area contributed by atoms with E-state index in [1.807, 2.05) is 6.07 Å². The minimum Gasteiger partial charge on any atom is -0.369 e. The Morgan fingerprint density at radius 3 is 2.68 bits per heavy atom. The van der Waals surface area contributed by atoms with Crippen LogP contribution in [0.3, 0.4) is 0 Å². The van der Waals surface area contributed by atoms with Gasteiger partial charge in [0.1, 0.15) is 0 Å². The summed E-state index contributed by atoms with van der Waals surface area (Å²) < 4.78 is 0. The number of nitrogens with zero attached hydrogens (tertiary/aromatic N) is 2. The molecule has 5 heteroatoms. The Morgan fingerprint density at radius 1 is 1.23 bits per heavy atom. The van der Waals surface area contributed by atoms with Crippen LogP contribution in [0, 0.1) is 12.8 Å². The van der Waals surface area contributed by atoms with Crippen molar-refractivity contribution in [1.29, 1.82) is 0 Å². The Morgan fingerprint density at radius 2 is 2.00 bits per heavy atom. The molecule has 1 aromatic rings. The highest BCUT2D eigenvalue weighted by atomic mass is 35.5. The molecule has 1 atom stereocenters. The van der Waals surface area contributed by atoms with Crippen LogP contribution >= 0.6 is 24.0 Å². The smallest absolute Gasteiger partial charge is 0.0426 e. The lowest BCUT2D eigenvalue weighted by Crippen LogP contribution is -2.49. The van der Waals surface area contributed by atoms with E-state index in [0.717, 1.165) is 24.0 Å². The van der Waals surface area contributed by atoms with Crippen molar-refractivity contribution in [1.82, 2.24) is 10.2 Å². The molecule has 0 spiro atoms. The van der Waals surface area contributed by atoms with Crippen LogP contribution in [0.4, 0.5) is 5.69 Å². The summed E-state index contributed by atoms with van der Waals surface area (Å²) in [5.74, 6) is 0.846. The predicted molar refractivity (Wildman–Crippen MR) is 97.7 cm³/mol. The predicted octanol–water partition coefficient (Wildman–Crippen LogP) is 3.19. The first-order chi connectivity index (χ1) is 10.2. The molecule has 2 fully saturated rings. The maximum Gasteiger partial charge on any atom is 0.0426 e. The van der Waals surface area contributed by atoms with Crippen molar-refractivity contribution in [3.63, 3.8) is 0 Å². The number of anilines is 1. The third-order valence-electron chi connectivity index (χ3n) is 4.80. The Balaban J connectivity index is 0.00000176. The van der Waals surface area contributed by atoms with Crippen LogP contribution in [0.1, 0.15) is 18.4 Å². The van der Waals surface area contributed by atoms with Gasteiger partial charge in [-0.1, -0.05) is 17.7 Å². The molecule has 3 nitrogen and oxygen atoms in total. The zero-order valence-electron chi connectivity index (χ0n) is 13.4. The lowest BCUT2D eigenvalue weighted by molar-refractivity contribution is 0.199. The van der Waals surface area contributed by atoms with Crippen molar-refractivity contribution in [2.24, 2.45) is 5.92 Å². The van der Waals surface area contributed by atoms with Gasteiger partial charge in [0.25, 0.3) is 0 Å². The molecule has 0 amide bonds. The highest BCUT2D eigenvalue weighted by Gasteiger charge is 2.22. The molecule has 22 heavy (non-hydrogen) atoms. The molecule has 1 unspecified atom stereocenters. The number of aryl methyl sites for hydroxylation is 1. The van der Waals surface area contributed by atoms with Gasteiger partial charge in [-0.25, -0.2) is 0 Å². The highest BCUT2D eigenvalue weighted by molar-refractivity contribution is 6.30. The number of rotatable bonds is 3. The zero-order chi connectivity index (χ0) is 14.7. The molecular formula is C17H27Cl2N3. The highest BCUT2D eigenvalue weighted by Crippen LogP contribution is 2.25. The van der Waals surface area contributed by atoms with Gasteiger partial charge in [0, 0.05) is 43.4 Å². The number of piperidine rings is 1. The average molecular weight is 344 g/mol. The fourth-order valence-electron chi connectivity index (χ4n) is 3.54. The van der Waals surface area contributed by atoms with E-state index in [0.29, 0.717) is 0 Å². The maximum absolute atomic E-state index is 6.15. The monoisotopic (exact) mass is 343 g/mol. The van der Waals surface area contributed by atoms with E-state index in [-0.39, 0.29) is 12.4 Å². The molecule has 2 heterocycles. The van der Waals surface area contributed by atoms with Crippen molar-refractivity contribution in [3.8, 4) is 0 Å². The quantitative estimate of drug-likeness (QED) is 0.909. The van der Waals surface area contributed by atoms with Gasteiger partial charge in [-0.3, -0.25) is 4.90 Å². The minimum absolute atomic E-state index is 0. The van der Waals surface area contributed by atoms with Crippen LogP contribution in [-0.4, -0.2) is 50.7 Å². The van der Waals surface area contributed by atoms with Gasteiger partial charge in [-0.05, 0) is 56.5 Å². The van der Waals surface area contributed by atoms with E-state index in [9.17, 15) is 0 Å². The number of halogens is 2. The Hall–Kier alpha value is -0.480. The third kappa shape index (κ3) is 4.51. The van der Waals surface area contributed by atoms with Gasteiger partial charge in [0.05, 0.1) is 0 Å². The summed E-state index contributed by atoms with van der Waals surface area (Å²) in [7, 11) is 0. The number of hydrogen-bond acceptors (Lipinski definition) is 3. The summed E-state index contributed by atoms with van der Waals surface area (Å²) in [5, 5.41) is 4.36. The van der Waals surface area contributed by atoms with Crippen LogP contribution in [0.25, 0.3) is 0 Å². The summed E-state index contributed by atoms with van der Waals surface area (Å²) in [6, 6.07) is 6.21. The molecule has 1 N–H and O–H groups in total. The first-order valence-electron chi connectivity index (χ1n) is 8.16. The van der Waals surface area contributed by atoms with E-state index < -0.39 is 0 Å². The molecule has 124 valence electrons. The fourth-order valence-corrected chi connectivity index (χ4v) is 3.71. The second kappa shape index (κ2) is 8.39. The maximum atomic E-state index is 6.15. The lowest BCUT2D eigenvalue weighted by Gasteiger charge is -2.39. The van der Waals surface area contributed by atoms with Crippen molar-refractivity contribution in [2.75, 3.05) is 50.7 Å². The van der Waals surface area contributed by atoms with Crippen molar-refractivity contribution in [2.45, 2.75) is 19.8 Å². The summed E-state index contributed by atoms with van der Waals surface area (Å²) in [6.07, 6.45) is 2.73. The van der Waals surface area contributed by atoms with E-state index in [2.05, 4.69) is 34.2 Å². The van der Waals surface area contributed by atoms with E-state index >= 15 is 0 Å². The van der Waals surface area contributed by atoms with Crippen molar-refractivity contribution >= 4 is 29.7 Å². The standard InChI is InChI=1S/C17H26ClN3.ClH/c1-14-4-5-16(18)11-17(14)21-9-7-20(8-10-21)13-15-3-2-6-19-12-15;/h4-5,11,15,19H,2-3,6-10,12-13H2,1H3;1H. The van der Waals surface area contributed by atoms with Crippen molar-refractivity contribution in [3.05, 3.63) is 28.8 Å². The second-order valence-corrected chi connectivity index (χ2v) is 6.87. The molecule has 2 aliphatic heterocycles. The third-order valence-corrected chi connectivity index (χ3v) is 5.03. The van der Waals surface area contributed by atoms with Gasteiger partial charge in [0.15, 0.2) is 0 Å². The van der Waals surface area contributed by atoms with Crippen LogP contribution in [0.15, 0.2) is 18.2 Å². The van der Waals surface area contributed by atoms with E-state index in [1.165, 1.54) is 56.8 Å². The number of benzene rings is 1. The topological polar surface area (TPSA) is 18.5 Å². The molecule has 0 radical (unpaired) electrons. The minimum atomic E-state index is 0. The van der Waals surface area contributed by atoms with Gasteiger partial charge >= 0.3 is 0 Å². The number of nitrogens with one attached hydrogen (secondary N) is 1. The van der Waals surface area contributed by atoms with E-state index in [4.69, 9.17) is 11.6 Å². The summed E-state index contributed by atoms with van der Waals surface area (Å²) in [6.45, 7) is 10.4. The second-order valence-electron chi connectivity index (χ2n) is 6.43. The van der Waals surface area contributed by atoms with Gasteiger partial charge in [-0.15, -0.1) is 12.4 Å². The Kier molecular flexibility index (Phi) is 6.82. The first kappa shape index (κ1) is 17.9. The van der Waals surface area contributed by atoms with E-state index in [1.54, 1.807) is 0 Å². The average Bonchev–Trinajstić information content (AvgIpc) is 2.52. The van der Waals surface area contributed by atoms with Gasteiger partial charge in [-0.2, -0.15) is 0 Å². The molecule has 2 saturated heterocycles. The molecule has 0 aliphatic carbocycles. The first-order valence-corrected chi connectivity index (χ1v) is 8.54. The molecule has 0 bridgehead atoms. The lowest BCUT2D eigenvalue weighted by atomic mass is 9.99. The molecule has 0 aromatic heterocycles. The fraction of sp³-hybridized carbons (Fsp3) is 0.647. The molecule has 0 saturated carbocycles. The number of hydrogen-bond donors (Lipinski definition) is 1. The Labute approximate surface area is 145 Å². The van der Waals surface area contributed by atoms with Crippen LogP contribution in [0.5, 0.6) is 0 Å². The van der Waals surface area contributed by atoms with Crippen molar-refractivity contribution < 1.29 is 0 Å². The van der Waals surface area contributed by atoms with Crippen LogP contribution in [-0.2, 0) is 0 Å². The van der Waals surface area contributed by atoms with Gasteiger partial charge in [0.2, 0.25) is 0 Å². The molecular weight excluding hydrogens is 317 g/mol. The van der Waals surface area contributed by atoms with Gasteiger partial charge < -0.3 is 10.2 Å². The summed E-state index contributed by atoms with van der Waals surface area (Å²) in [5.41, 5.74) is 2.63. The summed E-state index contributed by atoms with van der Waals surface area (Å²) >= 11 is 6.15. The number of piperazine rings is 1. The molecule has 1 aromatic carbocycles. The zero-order valence-corrected chi connectivity index (χ0v) is 14.9. The largest absolute Gasteiger partial charge is 0.369 e. The summed E-state index contributed by atoms with van der Waals surface area (Å²) in [4.78, 5) is 5.12.